The number of rotatable bonds is 9. The lowest BCUT2D eigenvalue weighted by molar-refractivity contribution is -0.132. The van der Waals surface area contributed by atoms with Crippen LogP contribution >= 0.6 is 11.8 Å². The Hall–Kier alpha value is -1.75. The van der Waals surface area contributed by atoms with Gasteiger partial charge in [0.05, 0.1) is 0 Å². The van der Waals surface area contributed by atoms with E-state index < -0.39 is 0 Å². The van der Waals surface area contributed by atoms with Crippen molar-refractivity contribution in [1.29, 1.82) is 0 Å². The summed E-state index contributed by atoms with van der Waals surface area (Å²) in [6, 6.07) is 8.47. The molecule has 130 valence electrons. The number of hydrogen-bond acceptors (Lipinski definition) is 3. The summed E-state index contributed by atoms with van der Waals surface area (Å²) in [5, 5.41) is 0. The van der Waals surface area contributed by atoms with Gasteiger partial charge in [0, 0.05) is 49.8 Å². The van der Waals surface area contributed by atoms with Crippen molar-refractivity contribution in [3.8, 4) is 0 Å². The Morgan fingerprint density at radius 3 is 2.62 bits per heavy atom. The summed E-state index contributed by atoms with van der Waals surface area (Å²) in [4.78, 5) is 20.2. The number of hydrogen-bond donors (Lipinski definition) is 0. The number of aryl methyl sites for hydroxylation is 2. The van der Waals surface area contributed by atoms with Gasteiger partial charge in [-0.05, 0) is 30.4 Å². The van der Waals surface area contributed by atoms with Crippen molar-refractivity contribution in [1.82, 2.24) is 14.5 Å². The molecule has 0 spiro atoms. The second-order valence-electron chi connectivity index (χ2n) is 5.80. The molecular formula is C19H27N3OS. The molecule has 4 nitrogen and oxygen atoms in total. The molecule has 1 aromatic carbocycles. The lowest BCUT2D eigenvalue weighted by atomic mass is 10.2. The molecule has 5 heteroatoms. The van der Waals surface area contributed by atoms with E-state index in [9.17, 15) is 4.79 Å². The molecule has 0 aliphatic carbocycles. The molecule has 0 aliphatic rings. The van der Waals surface area contributed by atoms with Crippen molar-refractivity contribution in [3.63, 3.8) is 0 Å². The second kappa shape index (κ2) is 9.52. The molecule has 0 atom stereocenters. The van der Waals surface area contributed by atoms with E-state index in [1.165, 1.54) is 10.5 Å². The average Bonchev–Trinajstić information content (AvgIpc) is 3.07. The summed E-state index contributed by atoms with van der Waals surface area (Å²) in [7, 11) is 0. The summed E-state index contributed by atoms with van der Waals surface area (Å²) in [6.45, 7) is 6.39. The highest BCUT2D eigenvalue weighted by atomic mass is 32.2. The molecule has 0 bridgehead atoms. The lowest BCUT2D eigenvalue weighted by Crippen LogP contribution is -2.32. The van der Waals surface area contributed by atoms with Gasteiger partial charge in [0.1, 0.15) is 5.82 Å². The Bertz CT molecular complexity index is 636. The number of aromatic nitrogens is 2. The lowest BCUT2D eigenvalue weighted by Gasteiger charge is -2.23. The summed E-state index contributed by atoms with van der Waals surface area (Å²) in [6.07, 6.45) is 8.22. The molecule has 0 saturated heterocycles. The van der Waals surface area contributed by atoms with Crippen molar-refractivity contribution in [2.45, 2.75) is 51.1 Å². The topological polar surface area (TPSA) is 38.1 Å². The predicted molar refractivity (Wildman–Crippen MR) is 100 cm³/mol. The molecule has 24 heavy (non-hydrogen) atoms. The van der Waals surface area contributed by atoms with Crippen molar-refractivity contribution >= 4 is 17.7 Å². The maximum absolute atomic E-state index is 12.6. The number of carbonyl (C=O) groups excluding carboxylic acids is 1. The van der Waals surface area contributed by atoms with Crippen LogP contribution in [-0.4, -0.2) is 33.2 Å². The third kappa shape index (κ3) is 5.13. The van der Waals surface area contributed by atoms with Gasteiger partial charge >= 0.3 is 0 Å². The first-order chi connectivity index (χ1) is 11.7. The Balaban J connectivity index is 1.96. The van der Waals surface area contributed by atoms with E-state index in [0.29, 0.717) is 19.5 Å². The van der Waals surface area contributed by atoms with Crippen molar-refractivity contribution in [2.24, 2.45) is 0 Å². The van der Waals surface area contributed by atoms with Crippen molar-refractivity contribution in [2.75, 3.05) is 12.8 Å². The minimum absolute atomic E-state index is 0.210. The molecule has 0 N–H and O–H groups in total. The van der Waals surface area contributed by atoms with Gasteiger partial charge in [0.25, 0.3) is 0 Å². The monoisotopic (exact) mass is 345 g/mol. The molecular weight excluding hydrogens is 318 g/mol. The highest BCUT2D eigenvalue weighted by molar-refractivity contribution is 7.98. The van der Waals surface area contributed by atoms with Crippen LogP contribution in [0.4, 0.5) is 0 Å². The van der Waals surface area contributed by atoms with Gasteiger partial charge in [-0.1, -0.05) is 26.0 Å². The zero-order valence-electron chi connectivity index (χ0n) is 14.9. The Labute approximate surface area is 149 Å². The van der Waals surface area contributed by atoms with Gasteiger partial charge < -0.3 is 9.47 Å². The first-order valence-corrected chi connectivity index (χ1v) is 9.81. The van der Waals surface area contributed by atoms with E-state index >= 15 is 0 Å². The second-order valence-corrected chi connectivity index (χ2v) is 6.68. The molecule has 0 unspecified atom stereocenters. The fraction of sp³-hybridized carbons (Fsp3) is 0.474. The minimum atomic E-state index is 0.210. The van der Waals surface area contributed by atoms with Crippen LogP contribution in [0.3, 0.4) is 0 Å². The van der Waals surface area contributed by atoms with Gasteiger partial charge in [0.15, 0.2) is 0 Å². The minimum Gasteiger partial charge on any atom is -0.338 e. The molecule has 2 aromatic rings. The SMILES string of the molecule is CCCN(Cc1ccc(SC)cc1)C(=O)CCn1ccnc1CC. The third-order valence-corrected chi connectivity index (χ3v) is 4.81. The Kier molecular flexibility index (Phi) is 7.37. The van der Waals surface area contributed by atoms with E-state index in [4.69, 9.17) is 0 Å². The van der Waals surface area contributed by atoms with E-state index in [1.54, 1.807) is 18.0 Å². The van der Waals surface area contributed by atoms with E-state index in [-0.39, 0.29) is 5.91 Å². The predicted octanol–water partition coefficient (Wildman–Crippen LogP) is 4.00. The Morgan fingerprint density at radius 2 is 2.00 bits per heavy atom. The maximum atomic E-state index is 12.6. The molecule has 0 saturated carbocycles. The zero-order valence-corrected chi connectivity index (χ0v) is 15.7. The highest BCUT2D eigenvalue weighted by Gasteiger charge is 2.14. The summed E-state index contributed by atoms with van der Waals surface area (Å²) in [5.74, 6) is 1.25. The fourth-order valence-electron chi connectivity index (χ4n) is 2.75. The summed E-state index contributed by atoms with van der Waals surface area (Å²) in [5.41, 5.74) is 1.19. The quantitative estimate of drug-likeness (QED) is 0.645. The first-order valence-electron chi connectivity index (χ1n) is 8.58. The number of thioether (sulfide) groups is 1. The molecule has 0 aliphatic heterocycles. The third-order valence-electron chi connectivity index (χ3n) is 4.06. The average molecular weight is 346 g/mol. The van der Waals surface area contributed by atoms with Gasteiger partial charge in [-0.25, -0.2) is 4.98 Å². The van der Waals surface area contributed by atoms with Crippen molar-refractivity contribution in [3.05, 3.63) is 48.0 Å². The van der Waals surface area contributed by atoms with Crippen LogP contribution in [-0.2, 0) is 24.3 Å². The number of carbonyl (C=O) groups is 1. The normalized spacial score (nSPS) is 10.8. The van der Waals surface area contributed by atoms with E-state index in [0.717, 1.165) is 25.2 Å². The molecule has 0 fully saturated rings. The van der Waals surface area contributed by atoms with Crippen LogP contribution in [0, 0.1) is 0 Å². The maximum Gasteiger partial charge on any atom is 0.224 e. The first kappa shape index (κ1) is 18.6. The van der Waals surface area contributed by atoms with Crippen LogP contribution < -0.4 is 0 Å². The van der Waals surface area contributed by atoms with E-state index in [2.05, 4.69) is 53.9 Å². The van der Waals surface area contributed by atoms with Crippen LogP contribution in [0.2, 0.25) is 0 Å². The number of benzene rings is 1. The van der Waals surface area contributed by atoms with Crippen LogP contribution in [0.25, 0.3) is 0 Å². The highest BCUT2D eigenvalue weighted by Crippen LogP contribution is 2.16. The Morgan fingerprint density at radius 1 is 1.25 bits per heavy atom. The standard InChI is InChI=1S/C19H27N3OS/c1-4-12-22(15-16-6-8-17(24-3)9-7-16)19(23)10-13-21-14-11-20-18(21)5-2/h6-9,11,14H,4-5,10,12-13,15H2,1-3H3. The van der Waals surface area contributed by atoms with Gasteiger partial charge in [-0.2, -0.15) is 0 Å². The fourth-order valence-corrected chi connectivity index (χ4v) is 3.15. The van der Waals surface area contributed by atoms with Crippen LogP contribution in [0.15, 0.2) is 41.6 Å². The van der Waals surface area contributed by atoms with Gasteiger partial charge in [-0.3, -0.25) is 4.79 Å². The molecule has 0 radical (unpaired) electrons. The largest absolute Gasteiger partial charge is 0.338 e. The van der Waals surface area contributed by atoms with E-state index in [1.807, 2.05) is 11.1 Å². The number of amides is 1. The van der Waals surface area contributed by atoms with Crippen molar-refractivity contribution < 1.29 is 4.79 Å². The number of imidazole rings is 1. The van der Waals surface area contributed by atoms with Gasteiger partial charge in [0.2, 0.25) is 5.91 Å². The summed E-state index contributed by atoms with van der Waals surface area (Å²) >= 11 is 1.73. The van der Waals surface area contributed by atoms with Crippen LogP contribution in [0.1, 0.15) is 38.1 Å². The zero-order chi connectivity index (χ0) is 17.4. The van der Waals surface area contributed by atoms with Gasteiger partial charge in [-0.15, -0.1) is 11.8 Å². The molecule has 2 rings (SSSR count). The summed E-state index contributed by atoms with van der Waals surface area (Å²) < 4.78 is 2.08. The molecule has 1 aromatic heterocycles. The smallest absolute Gasteiger partial charge is 0.224 e. The van der Waals surface area contributed by atoms with Crippen LogP contribution in [0.5, 0.6) is 0 Å². The number of nitrogens with zero attached hydrogens (tertiary/aromatic N) is 3. The molecule has 1 heterocycles. The molecule has 1 amide bonds.